The van der Waals surface area contributed by atoms with Crippen molar-refractivity contribution in [1.29, 1.82) is 0 Å². The minimum absolute atomic E-state index is 0.0485. The molecule has 2 fully saturated rings. The molecule has 1 aromatic carbocycles. The molecule has 20 heavy (non-hydrogen) atoms. The average molecular weight is 282 g/mol. The van der Waals surface area contributed by atoms with Gasteiger partial charge in [0.25, 0.3) is 0 Å². The van der Waals surface area contributed by atoms with Crippen LogP contribution in [0.4, 0.5) is 8.78 Å². The van der Waals surface area contributed by atoms with Gasteiger partial charge >= 0.3 is 0 Å². The van der Waals surface area contributed by atoms with E-state index in [4.69, 9.17) is 10.5 Å². The van der Waals surface area contributed by atoms with E-state index in [1.165, 1.54) is 12.1 Å². The Labute approximate surface area is 117 Å². The summed E-state index contributed by atoms with van der Waals surface area (Å²) in [5, 5.41) is 0. The fourth-order valence-corrected chi connectivity index (χ4v) is 3.23. The first-order chi connectivity index (χ1) is 9.58. The van der Waals surface area contributed by atoms with E-state index in [0.29, 0.717) is 24.8 Å². The molecule has 0 bridgehead atoms. The molecule has 0 saturated carbocycles. The number of ether oxygens (including phenoxy) is 1. The molecule has 0 aliphatic carbocycles. The SMILES string of the molecule is Cc1ccc(F)c(C(N)C2CN3CCCC3CO2)c1F. The molecule has 2 aliphatic heterocycles. The van der Waals surface area contributed by atoms with Gasteiger partial charge in [-0.05, 0) is 37.9 Å². The normalized spacial score (nSPS) is 28.4. The zero-order valence-corrected chi connectivity index (χ0v) is 11.6. The Morgan fingerprint density at radius 3 is 3.00 bits per heavy atom. The van der Waals surface area contributed by atoms with Crippen LogP contribution in [0.25, 0.3) is 0 Å². The van der Waals surface area contributed by atoms with E-state index in [-0.39, 0.29) is 11.7 Å². The Morgan fingerprint density at radius 1 is 1.40 bits per heavy atom. The van der Waals surface area contributed by atoms with Crippen LogP contribution < -0.4 is 5.73 Å². The van der Waals surface area contributed by atoms with Crippen molar-refractivity contribution in [3.05, 3.63) is 34.9 Å². The summed E-state index contributed by atoms with van der Waals surface area (Å²) in [6, 6.07) is 2.39. The summed E-state index contributed by atoms with van der Waals surface area (Å²) in [6.45, 7) is 3.89. The first kappa shape index (κ1) is 13.9. The maximum absolute atomic E-state index is 14.1. The molecule has 0 amide bonds. The second kappa shape index (κ2) is 5.39. The second-order valence-electron chi connectivity index (χ2n) is 5.78. The molecule has 5 heteroatoms. The molecule has 2 saturated heterocycles. The van der Waals surface area contributed by atoms with Gasteiger partial charge in [-0.15, -0.1) is 0 Å². The Hall–Kier alpha value is -1.04. The molecule has 3 unspecified atom stereocenters. The number of halogens is 2. The van der Waals surface area contributed by atoms with E-state index < -0.39 is 17.7 Å². The number of rotatable bonds is 2. The van der Waals surface area contributed by atoms with Gasteiger partial charge in [-0.3, -0.25) is 4.90 Å². The molecule has 0 spiro atoms. The van der Waals surface area contributed by atoms with E-state index in [1.807, 2.05) is 0 Å². The number of morpholine rings is 1. The predicted octanol–water partition coefficient (Wildman–Crippen LogP) is 2.14. The molecule has 3 atom stereocenters. The summed E-state index contributed by atoms with van der Waals surface area (Å²) in [4.78, 5) is 2.32. The molecule has 3 nitrogen and oxygen atoms in total. The zero-order chi connectivity index (χ0) is 14.3. The molecule has 3 rings (SSSR count). The van der Waals surface area contributed by atoms with Crippen LogP contribution in [-0.2, 0) is 4.74 Å². The molecule has 0 radical (unpaired) electrons. The summed E-state index contributed by atoms with van der Waals surface area (Å²) < 4.78 is 33.8. The molecular formula is C15H20F2N2O. The molecule has 110 valence electrons. The topological polar surface area (TPSA) is 38.5 Å². The van der Waals surface area contributed by atoms with Crippen molar-refractivity contribution in [3.8, 4) is 0 Å². The number of fused-ring (bicyclic) bond motifs is 1. The van der Waals surface area contributed by atoms with Gasteiger partial charge in [-0.25, -0.2) is 8.78 Å². The fourth-order valence-electron chi connectivity index (χ4n) is 3.23. The lowest BCUT2D eigenvalue weighted by atomic mass is 9.97. The predicted molar refractivity (Wildman–Crippen MR) is 72.4 cm³/mol. The van der Waals surface area contributed by atoms with Crippen molar-refractivity contribution in [3.63, 3.8) is 0 Å². The maximum Gasteiger partial charge on any atom is 0.133 e. The summed E-state index contributed by atoms with van der Waals surface area (Å²) in [7, 11) is 0. The van der Waals surface area contributed by atoms with Crippen LogP contribution >= 0.6 is 0 Å². The Bertz CT molecular complexity index is 509. The first-order valence-corrected chi connectivity index (χ1v) is 7.13. The van der Waals surface area contributed by atoms with Crippen LogP contribution in [-0.4, -0.2) is 36.7 Å². The van der Waals surface area contributed by atoms with E-state index in [0.717, 1.165) is 19.4 Å². The van der Waals surface area contributed by atoms with Gasteiger partial charge in [0.2, 0.25) is 0 Å². The maximum atomic E-state index is 14.1. The smallest absolute Gasteiger partial charge is 0.133 e. The van der Waals surface area contributed by atoms with Gasteiger partial charge in [-0.2, -0.15) is 0 Å². The Balaban J connectivity index is 1.82. The van der Waals surface area contributed by atoms with E-state index >= 15 is 0 Å². The highest BCUT2D eigenvalue weighted by atomic mass is 19.1. The van der Waals surface area contributed by atoms with Crippen molar-refractivity contribution in [2.24, 2.45) is 5.73 Å². The van der Waals surface area contributed by atoms with Crippen LogP contribution in [0.5, 0.6) is 0 Å². The standard InChI is InChI=1S/C15H20F2N2O/c1-9-4-5-11(16)13(14(9)17)15(18)12-7-19-6-2-3-10(19)8-20-12/h4-5,10,12,15H,2-3,6-8,18H2,1H3. The largest absolute Gasteiger partial charge is 0.373 e. The number of nitrogens with zero attached hydrogens (tertiary/aromatic N) is 1. The van der Waals surface area contributed by atoms with Crippen molar-refractivity contribution in [2.45, 2.75) is 38.0 Å². The number of nitrogens with two attached hydrogens (primary N) is 1. The van der Waals surface area contributed by atoms with Gasteiger partial charge < -0.3 is 10.5 Å². The van der Waals surface area contributed by atoms with Gasteiger partial charge in [0, 0.05) is 18.2 Å². The van der Waals surface area contributed by atoms with Gasteiger partial charge in [0.1, 0.15) is 11.6 Å². The van der Waals surface area contributed by atoms with Crippen LogP contribution in [0.15, 0.2) is 12.1 Å². The first-order valence-electron chi connectivity index (χ1n) is 7.13. The summed E-state index contributed by atoms with van der Waals surface area (Å²) >= 11 is 0. The zero-order valence-electron chi connectivity index (χ0n) is 11.6. The molecule has 0 aromatic heterocycles. The van der Waals surface area contributed by atoms with Crippen molar-refractivity contribution >= 4 is 0 Å². The van der Waals surface area contributed by atoms with E-state index in [9.17, 15) is 8.78 Å². The molecule has 2 aliphatic rings. The fraction of sp³-hybridized carbons (Fsp3) is 0.600. The number of aryl methyl sites for hydroxylation is 1. The van der Waals surface area contributed by atoms with Crippen molar-refractivity contribution in [1.82, 2.24) is 4.90 Å². The van der Waals surface area contributed by atoms with E-state index in [2.05, 4.69) is 4.90 Å². The van der Waals surface area contributed by atoms with Crippen LogP contribution in [0, 0.1) is 18.6 Å². The van der Waals surface area contributed by atoms with Crippen LogP contribution in [0.1, 0.15) is 30.0 Å². The quantitative estimate of drug-likeness (QED) is 0.903. The number of benzene rings is 1. The van der Waals surface area contributed by atoms with Gasteiger partial charge in [0.15, 0.2) is 0 Å². The highest BCUT2D eigenvalue weighted by Crippen LogP contribution is 2.30. The van der Waals surface area contributed by atoms with Gasteiger partial charge in [-0.1, -0.05) is 6.07 Å². The van der Waals surface area contributed by atoms with Crippen molar-refractivity contribution < 1.29 is 13.5 Å². The summed E-state index contributed by atoms with van der Waals surface area (Å²) in [6.07, 6.45) is 1.94. The number of hydrogen-bond acceptors (Lipinski definition) is 3. The Morgan fingerprint density at radius 2 is 2.20 bits per heavy atom. The monoisotopic (exact) mass is 282 g/mol. The lowest BCUT2D eigenvalue weighted by Gasteiger charge is -2.38. The van der Waals surface area contributed by atoms with Crippen molar-refractivity contribution in [2.75, 3.05) is 19.7 Å². The van der Waals surface area contributed by atoms with Crippen LogP contribution in [0.2, 0.25) is 0 Å². The molecule has 1 aromatic rings. The second-order valence-corrected chi connectivity index (χ2v) is 5.78. The highest BCUT2D eigenvalue weighted by Gasteiger charge is 2.36. The lowest BCUT2D eigenvalue weighted by Crippen LogP contribution is -2.50. The average Bonchev–Trinajstić information content (AvgIpc) is 2.90. The third-order valence-corrected chi connectivity index (χ3v) is 4.47. The lowest BCUT2D eigenvalue weighted by molar-refractivity contribution is -0.0605. The minimum Gasteiger partial charge on any atom is -0.373 e. The molecule has 2 N–H and O–H groups in total. The Kier molecular flexibility index (Phi) is 3.75. The molecular weight excluding hydrogens is 262 g/mol. The van der Waals surface area contributed by atoms with Gasteiger partial charge in [0.05, 0.1) is 18.8 Å². The summed E-state index contributed by atoms with van der Waals surface area (Å²) in [5.74, 6) is -1.14. The van der Waals surface area contributed by atoms with Crippen LogP contribution in [0.3, 0.4) is 0 Å². The number of hydrogen-bond donors (Lipinski definition) is 1. The third-order valence-electron chi connectivity index (χ3n) is 4.47. The molecule has 2 heterocycles. The van der Waals surface area contributed by atoms with E-state index in [1.54, 1.807) is 6.92 Å². The third kappa shape index (κ3) is 2.34. The summed E-state index contributed by atoms with van der Waals surface area (Å²) in [5.41, 5.74) is 6.45. The highest BCUT2D eigenvalue weighted by molar-refractivity contribution is 5.30. The minimum atomic E-state index is -0.767.